The number of rotatable bonds is 4. The standard InChI is InChI=1S/C8H10O3S.C2H6O4S.2Na/c1-2-7-3-5-8(6-4-7)12(9,10)11;1-2-6-7(3,4)5;;/h3-6H,2H2,1H3,(H,9,10,11);2H2,1H3,(H,3,4,5);;/q;;2*+1/p-2. The molecular weight excluding hydrogens is 342 g/mol. The van der Waals surface area contributed by atoms with Crippen molar-refractivity contribution in [2.75, 3.05) is 6.61 Å². The molecule has 0 spiro atoms. The van der Waals surface area contributed by atoms with Crippen LogP contribution < -0.4 is 59.1 Å². The van der Waals surface area contributed by atoms with Crippen molar-refractivity contribution in [1.82, 2.24) is 0 Å². The fraction of sp³-hybridized carbons (Fsp3) is 0.400. The summed E-state index contributed by atoms with van der Waals surface area (Å²) in [5.74, 6) is 0. The molecular formula is C10H14Na2O7S2. The maximum Gasteiger partial charge on any atom is 1.00 e. The van der Waals surface area contributed by atoms with Gasteiger partial charge < -0.3 is 9.11 Å². The molecule has 0 amide bonds. The molecule has 1 rings (SSSR count). The van der Waals surface area contributed by atoms with Crippen LogP contribution in [0.1, 0.15) is 19.4 Å². The SMILES string of the molecule is CCOS(=O)(=O)[O-].CCc1ccc(S(=O)(=O)[O-])cc1.[Na+].[Na+]. The first kappa shape index (κ1) is 26.9. The van der Waals surface area contributed by atoms with Crippen LogP contribution in [0.5, 0.6) is 0 Å². The molecule has 0 fully saturated rings. The molecule has 0 saturated carbocycles. The van der Waals surface area contributed by atoms with Gasteiger partial charge >= 0.3 is 59.1 Å². The van der Waals surface area contributed by atoms with E-state index in [1.807, 2.05) is 6.92 Å². The van der Waals surface area contributed by atoms with Gasteiger partial charge in [0.2, 0.25) is 10.4 Å². The molecule has 0 heterocycles. The van der Waals surface area contributed by atoms with Gasteiger partial charge in [-0.3, -0.25) is 4.18 Å². The monoisotopic (exact) mass is 356 g/mol. The van der Waals surface area contributed by atoms with Gasteiger partial charge in [-0.25, -0.2) is 16.8 Å². The Kier molecular flexibility index (Phi) is 15.9. The van der Waals surface area contributed by atoms with Gasteiger partial charge in [-0.2, -0.15) is 0 Å². The minimum Gasteiger partial charge on any atom is -0.744 e. The van der Waals surface area contributed by atoms with Crippen LogP contribution >= 0.6 is 0 Å². The molecule has 1 aromatic rings. The molecule has 21 heavy (non-hydrogen) atoms. The molecule has 0 aliphatic rings. The average Bonchev–Trinajstić information content (AvgIpc) is 2.27. The Labute approximate surface area is 169 Å². The number of benzene rings is 1. The topological polar surface area (TPSA) is 124 Å². The molecule has 0 bridgehead atoms. The zero-order valence-electron chi connectivity index (χ0n) is 12.4. The van der Waals surface area contributed by atoms with E-state index in [9.17, 15) is 25.9 Å². The van der Waals surface area contributed by atoms with E-state index in [1.54, 1.807) is 12.1 Å². The van der Waals surface area contributed by atoms with Gasteiger partial charge in [0.15, 0.2) is 0 Å². The van der Waals surface area contributed by atoms with Crippen LogP contribution in [-0.2, 0) is 31.1 Å². The maximum atomic E-state index is 10.5. The van der Waals surface area contributed by atoms with Gasteiger partial charge in [-0.05, 0) is 31.0 Å². The molecule has 0 saturated heterocycles. The molecule has 0 N–H and O–H groups in total. The summed E-state index contributed by atoms with van der Waals surface area (Å²) < 4.78 is 63.4. The van der Waals surface area contributed by atoms with Crippen LogP contribution in [0, 0.1) is 0 Å². The Hall–Kier alpha value is 1.00. The van der Waals surface area contributed by atoms with Crippen LogP contribution in [0.15, 0.2) is 29.2 Å². The van der Waals surface area contributed by atoms with Crippen LogP contribution in [-0.4, -0.2) is 32.5 Å². The van der Waals surface area contributed by atoms with Crippen molar-refractivity contribution in [3.8, 4) is 0 Å². The average molecular weight is 356 g/mol. The van der Waals surface area contributed by atoms with Crippen LogP contribution in [0.25, 0.3) is 0 Å². The Morgan fingerprint density at radius 2 is 1.38 bits per heavy atom. The molecule has 11 heteroatoms. The third-order valence-corrected chi connectivity index (χ3v) is 3.26. The fourth-order valence-electron chi connectivity index (χ4n) is 1.04. The number of hydrogen-bond donors (Lipinski definition) is 0. The van der Waals surface area contributed by atoms with Crippen molar-refractivity contribution in [1.29, 1.82) is 0 Å². The van der Waals surface area contributed by atoms with E-state index < -0.39 is 20.5 Å². The summed E-state index contributed by atoms with van der Waals surface area (Å²) in [4.78, 5) is -0.167. The van der Waals surface area contributed by atoms with Crippen molar-refractivity contribution < 1.29 is 89.2 Å². The van der Waals surface area contributed by atoms with Crippen molar-refractivity contribution in [2.24, 2.45) is 0 Å². The number of aryl methyl sites for hydroxylation is 1. The molecule has 0 unspecified atom stereocenters. The minimum absolute atomic E-state index is 0. The van der Waals surface area contributed by atoms with Crippen LogP contribution in [0.3, 0.4) is 0 Å². The third-order valence-electron chi connectivity index (χ3n) is 1.88. The Bertz CT molecular complexity index is 582. The summed E-state index contributed by atoms with van der Waals surface area (Å²) in [6.45, 7) is 3.29. The van der Waals surface area contributed by atoms with Gasteiger partial charge in [0.25, 0.3) is 0 Å². The minimum atomic E-state index is -4.42. The van der Waals surface area contributed by atoms with Gasteiger partial charge in [0.1, 0.15) is 10.1 Å². The Morgan fingerprint density at radius 3 is 1.57 bits per heavy atom. The molecule has 0 radical (unpaired) electrons. The second kappa shape index (κ2) is 12.4. The van der Waals surface area contributed by atoms with Gasteiger partial charge in [0, 0.05) is 0 Å². The van der Waals surface area contributed by atoms with E-state index in [0.29, 0.717) is 0 Å². The normalized spacial score (nSPS) is 10.5. The van der Waals surface area contributed by atoms with E-state index >= 15 is 0 Å². The largest absolute Gasteiger partial charge is 1.00 e. The van der Waals surface area contributed by atoms with E-state index in [-0.39, 0.29) is 70.6 Å². The summed E-state index contributed by atoms with van der Waals surface area (Å²) in [7, 11) is -8.70. The maximum absolute atomic E-state index is 10.5. The van der Waals surface area contributed by atoms with E-state index in [4.69, 9.17) is 0 Å². The first-order valence-electron chi connectivity index (χ1n) is 5.25. The molecule has 0 aliphatic heterocycles. The Balaban J connectivity index is -0.000000317. The van der Waals surface area contributed by atoms with Gasteiger partial charge in [-0.15, -0.1) is 0 Å². The zero-order chi connectivity index (χ0) is 15.1. The molecule has 0 aromatic heterocycles. The number of hydrogen-bond acceptors (Lipinski definition) is 7. The summed E-state index contributed by atoms with van der Waals surface area (Å²) >= 11 is 0. The van der Waals surface area contributed by atoms with Crippen molar-refractivity contribution >= 4 is 20.5 Å². The first-order valence-corrected chi connectivity index (χ1v) is 7.99. The molecule has 1 aromatic carbocycles. The van der Waals surface area contributed by atoms with Gasteiger partial charge in [0.05, 0.1) is 11.5 Å². The van der Waals surface area contributed by atoms with E-state index in [0.717, 1.165) is 12.0 Å². The summed E-state index contributed by atoms with van der Waals surface area (Å²) in [5, 5.41) is 0. The van der Waals surface area contributed by atoms with Gasteiger partial charge in [-0.1, -0.05) is 19.1 Å². The smallest absolute Gasteiger partial charge is 0.744 e. The summed E-state index contributed by atoms with van der Waals surface area (Å²) in [5.41, 5.74) is 1.02. The molecule has 0 atom stereocenters. The first-order chi connectivity index (χ1) is 8.60. The predicted octanol–water partition coefficient (Wildman–Crippen LogP) is -5.36. The second-order valence-corrected chi connectivity index (χ2v) is 5.70. The Morgan fingerprint density at radius 1 is 0.952 bits per heavy atom. The van der Waals surface area contributed by atoms with Crippen molar-refractivity contribution in [2.45, 2.75) is 25.2 Å². The quantitative estimate of drug-likeness (QED) is 0.300. The predicted molar refractivity (Wildman–Crippen MR) is 65.1 cm³/mol. The van der Waals surface area contributed by atoms with Crippen LogP contribution in [0.2, 0.25) is 0 Å². The molecule has 0 aliphatic carbocycles. The van der Waals surface area contributed by atoms with Crippen molar-refractivity contribution in [3.05, 3.63) is 29.8 Å². The van der Waals surface area contributed by atoms with E-state index in [1.165, 1.54) is 19.1 Å². The third kappa shape index (κ3) is 14.3. The fourth-order valence-corrected chi connectivity index (χ4v) is 1.79. The molecule has 7 nitrogen and oxygen atoms in total. The molecule has 110 valence electrons. The van der Waals surface area contributed by atoms with E-state index in [2.05, 4.69) is 4.18 Å². The second-order valence-electron chi connectivity index (χ2n) is 3.27. The zero-order valence-corrected chi connectivity index (χ0v) is 18.0. The van der Waals surface area contributed by atoms with Crippen molar-refractivity contribution in [3.63, 3.8) is 0 Å². The van der Waals surface area contributed by atoms with Crippen LogP contribution in [0.4, 0.5) is 0 Å². The summed E-state index contributed by atoms with van der Waals surface area (Å²) in [6, 6.07) is 5.96. The summed E-state index contributed by atoms with van der Waals surface area (Å²) in [6.07, 6.45) is 0.833.